The largest absolute Gasteiger partial charge is 0.380 e. The molecular weight excluding hydrogens is 363 g/mol. The smallest absolute Gasteiger partial charge is 0.254 e. The number of hydrogen-bond acceptors (Lipinski definition) is 2. The molecule has 27 heavy (non-hydrogen) atoms. The van der Waals surface area contributed by atoms with Crippen LogP contribution in [0.5, 0.6) is 0 Å². The molecule has 1 amide bonds. The summed E-state index contributed by atoms with van der Waals surface area (Å²) in [5.41, 5.74) is 4.46. The van der Waals surface area contributed by atoms with E-state index in [1.165, 1.54) is 30.0 Å². The zero-order chi connectivity index (χ0) is 19.2. The van der Waals surface area contributed by atoms with Crippen molar-refractivity contribution in [1.82, 2.24) is 5.32 Å². The normalized spacial score (nSPS) is 13.6. The number of aryl methyl sites for hydroxylation is 1. The van der Waals surface area contributed by atoms with Crippen LogP contribution in [0.2, 0.25) is 5.02 Å². The van der Waals surface area contributed by atoms with Crippen LogP contribution >= 0.6 is 11.6 Å². The Hall–Kier alpha value is -2.07. The lowest BCUT2D eigenvalue weighted by atomic mass is 10.0. The van der Waals surface area contributed by atoms with Crippen molar-refractivity contribution in [1.29, 1.82) is 0 Å². The second-order valence-electron chi connectivity index (χ2n) is 7.04. The molecule has 3 rings (SSSR count). The highest BCUT2D eigenvalue weighted by atomic mass is 35.5. The Labute approximate surface area is 165 Å². The molecule has 0 unspecified atom stereocenters. The lowest BCUT2D eigenvalue weighted by Gasteiger charge is -2.17. The van der Waals surface area contributed by atoms with Gasteiger partial charge in [0.1, 0.15) is 5.82 Å². The first kappa shape index (κ1) is 19.7. The third-order valence-electron chi connectivity index (χ3n) is 5.01. The molecule has 0 radical (unpaired) electrons. The van der Waals surface area contributed by atoms with Crippen molar-refractivity contribution in [3.05, 3.63) is 63.4 Å². The summed E-state index contributed by atoms with van der Waals surface area (Å²) in [5.74, 6) is -0.869. The molecule has 2 aromatic rings. The number of anilines is 1. The summed E-state index contributed by atoms with van der Waals surface area (Å²) in [7, 11) is 0. The zero-order valence-electron chi connectivity index (χ0n) is 15.7. The molecule has 5 heteroatoms. The molecule has 2 N–H and O–H groups in total. The van der Waals surface area contributed by atoms with Crippen molar-refractivity contribution in [2.45, 2.75) is 52.0 Å². The van der Waals surface area contributed by atoms with E-state index in [-0.39, 0.29) is 11.5 Å². The fourth-order valence-electron chi connectivity index (χ4n) is 3.54. The molecule has 2 aromatic carbocycles. The van der Waals surface area contributed by atoms with Crippen LogP contribution in [-0.4, -0.2) is 12.5 Å². The van der Waals surface area contributed by atoms with E-state index in [2.05, 4.69) is 16.7 Å². The molecule has 1 aliphatic carbocycles. The maximum atomic E-state index is 14.3. The van der Waals surface area contributed by atoms with Crippen LogP contribution in [0.25, 0.3) is 0 Å². The molecule has 0 saturated carbocycles. The lowest BCUT2D eigenvalue weighted by Crippen LogP contribution is -2.25. The van der Waals surface area contributed by atoms with Gasteiger partial charge in [0.05, 0.1) is 16.3 Å². The fraction of sp³-hybridized carbons (Fsp3) is 0.409. The highest BCUT2D eigenvalue weighted by Gasteiger charge is 2.16. The van der Waals surface area contributed by atoms with E-state index in [9.17, 15) is 9.18 Å². The minimum Gasteiger partial charge on any atom is -0.380 e. The topological polar surface area (TPSA) is 41.1 Å². The number of amides is 1. The number of fused-ring (bicyclic) bond motifs is 1. The molecule has 144 valence electrons. The number of benzene rings is 2. The number of nitrogens with one attached hydrogen (secondary N) is 2. The van der Waals surface area contributed by atoms with E-state index in [1.807, 2.05) is 13.0 Å². The highest BCUT2D eigenvalue weighted by Crippen LogP contribution is 2.33. The molecular formula is C22H26ClFN2O. The van der Waals surface area contributed by atoms with Crippen LogP contribution in [0.3, 0.4) is 0 Å². The predicted octanol–water partition coefficient (Wildman–Crippen LogP) is 5.50. The number of carbonyl (C=O) groups is 1. The monoisotopic (exact) mass is 388 g/mol. The first-order valence-electron chi connectivity index (χ1n) is 9.71. The Morgan fingerprint density at radius 3 is 2.74 bits per heavy atom. The summed E-state index contributed by atoms with van der Waals surface area (Å²) in [4.78, 5) is 12.0. The van der Waals surface area contributed by atoms with Gasteiger partial charge < -0.3 is 10.6 Å². The van der Waals surface area contributed by atoms with Crippen LogP contribution in [0.15, 0.2) is 30.3 Å². The second kappa shape index (κ2) is 9.23. The summed E-state index contributed by atoms with van der Waals surface area (Å²) >= 11 is 6.44. The lowest BCUT2D eigenvalue weighted by molar-refractivity contribution is 0.0949. The molecule has 0 aliphatic heterocycles. The second-order valence-corrected chi connectivity index (χ2v) is 7.45. The van der Waals surface area contributed by atoms with E-state index in [0.29, 0.717) is 18.1 Å². The molecule has 0 spiro atoms. The minimum atomic E-state index is -0.499. The number of halogens is 2. The van der Waals surface area contributed by atoms with Gasteiger partial charge in [-0.05, 0) is 67.0 Å². The standard InChI is InChI=1S/C22H26ClFN2O/c1-2-12-25-22(27)18-10-8-15(13-20(18)24)14-26-21-17-7-5-3-4-6-16(17)9-11-19(21)23/h8-11,13,26H,2-7,12,14H2,1H3,(H,25,27). The Kier molecular flexibility index (Phi) is 6.73. The van der Waals surface area contributed by atoms with Gasteiger partial charge in [0, 0.05) is 13.1 Å². The predicted molar refractivity (Wildman–Crippen MR) is 109 cm³/mol. The van der Waals surface area contributed by atoms with Gasteiger partial charge in [-0.3, -0.25) is 4.79 Å². The Morgan fingerprint density at radius 1 is 1.15 bits per heavy atom. The first-order chi connectivity index (χ1) is 13.1. The summed E-state index contributed by atoms with van der Waals surface area (Å²) in [5, 5.41) is 6.80. The highest BCUT2D eigenvalue weighted by molar-refractivity contribution is 6.33. The fourth-order valence-corrected chi connectivity index (χ4v) is 3.79. The van der Waals surface area contributed by atoms with E-state index in [1.54, 1.807) is 12.1 Å². The maximum Gasteiger partial charge on any atom is 0.254 e. The van der Waals surface area contributed by atoms with E-state index >= 15 is 0 Å². The first-order valence-corrected chi connectivity index (χ1v) is 10.1. The summed E-state index contributed by atoms with van der Waals surface area (Å²) < 4.78 is 14.3. The Morgan fingerprint density at radius 2 is 1.96 bits per heavy atom. The third-order valence-corrected chi connectivity index (χ3v) is 5.33. The summed E-state index contributed by atoms with van der Waals surface area (Å²) in [6.07, 6.45) is 6.52. The molecule has 0 fully saturated rings. The van der Waals surface area contributed by atoms with E-state index < -0.39 is 5.82 Å². The van der Waals surface area contributed by atoms with Crippen molar-refractivity contribution in [2.75, 3.05) is 11.9 Å². The van der Waals surface area contributed by atoms with Crippen molar-refractivity contribution < 1.29 is 9.18 Å². The van der Waals surface area contributed by atoms with E-state index in [4.69, 9.17) is 11.6 Å². The van der Waals surface area contributed by atoms with Gasteiger partial charge in [-0.15, -0.1) is 0 Å². The van der Waals surface area contributed by atoms with Crippen LogP contribution in [0.4, 0.5) is 10.1 Å². The number of carbonyl (C=O) groups excluding carboxylic acids is 1. The van der Waals surface area contributed by atoms with Crippen LogP contribution in [0.1, 0.15) is 59.7 Å². The van der Waals surface area contributed by atoms with Gasteiger partial charge >= 0.3 is 0 Å². The van der Waals surface area contributed by atoms with Crippen molar-refractivity contribution in [3.63, 3.8) is 0 Å². The third kappa shape index (κ3) is 4.81. The summed E-state index contributed by atoms with van der Waals surface area (Å²) in [6.45, 7) is 2.96. The van der Waals surface area contributed by atoms with Crippen LogP contribution in [0, 0.1) is 5.82 Å². The van der Waals surface area contributed by atoms with Crippen LogP contribution < -0.4 is 10.6 Å². The number of hydrogen-bond donors (Lipinski definition) is 2. The maximum absolute atomic E-state index is 14.3. The van der Waals surface area contributed by atoms with Gasteiger partial charge in [-0.1, -0.05) is 37.1 Å². The Bertz CT molecular complexity index is 822. The van der Waals surface area contributed by atoms with Gasteiger partial charge in [-0.25, -0.2) is 4.39 Å². The molecule has 3 nitrogen and oxygen atoms in total. The van der Waals surface area contributed by atoms with Gasteiger partial charge in [-0.2, -0.15) is 0 Å². The molecule has 0 bridgehead atoms. The van der Waals surface area contributed by atoms with E-state index in [0.717, 1.165) is 36.9 Å². The molecule has 1 aliphatic rings. The average molecular weight is 389 g/mol. The summed E-state index contributed by atoms with van der Waals surface area (Å²) in [6, 6.07) is 8.81. The Balaban J connectivity index is 1.74. The van der Waals surface area contributed by atoms with Gasteiger partial charge in [0.25, 0.3) is 5.91 Å². The molecule has 0 saturated heterocycles. The minimum absolute atomic E-state index is 0.0822. The van der Waals surface area contributed by atoms with Gasteiger partial charge in [0.15, 0.2) is 0 Å². The molecule has 0 heterocycles. The SMILES string of the molecule is CCCNC(=O)c1ccc(CNc2c(Cl)ccc3c2CCCCC3)cc1F. The van der Waals surface area contributed by atoms with Crippen molar-refractivity contribution in [2.24, 2.45) is 0 Å². The quantitative estimate of drug-likeness (QED) is 0.641. The van der Waals surface area contributed by atoms with Crippen molar-refractivity contribution >= 4 is 23.2 Å². The van der Waals surface area contributed by atoms with Gasteiger partial charge in [0.2, 0.25) is 0 Å². The molecule has 0 atom stereocenters. The molecule has 0 aromatic heterocycles. The average Bonchev–Trinajstić information content (AvgIpc) is 2.91. The number of rotatable bonds is 6. The zero-order valence-corrected chi connectivity index (χ0v) is 16.5. The van der Waals surface area contributed by atoms with Crippen molar-refractivity contribution in [3.8, 4) is 0 Å². The van der Waals surface area contributed by atoms with Crippen LogP contribution in [-0.2, 0) is 19.4 Å².